The van der Waals surface area contributed by atoms with Gasteiger partial charge < -0.3 is 5.32 Å². The van der Waals surface area contributed by atoms with Gasteiger partial charge in [-0.25, -0.2) is 4.39 Å². The maximum absolute atomic E-state index is 14.1. The van der Waals surface area contributed by atoms with Gasteiger partial charge in [-0.1, -0.05) is 35.4 Å². The molecule has 2 aliphatic heterocycles. The van der Waals surface area contributed by atoms with Crippen LogP contribution in [0.25, 0.3) is 0 Å². The van der Waals surface area contributed by atoms with Crippen LogP contribution in [0.4, 0.5) is 21.5 Å². The zero-order valence-corrected chi connectivity index (χ0v) is 20.4. The average molecular weight is 490 g/mol. The van der Waals surface area contributed by atoms with E-state index in [1.54, 1.807) is 0 Å². The summed E-state index contributed by atoms with van der Waals surface area (Å²) in [4.78, 5) is 41.7. The van der Waals surface area contributed by atoms with Gasteiger partial charge in [0.2, 0.25) is 16.7 Å². The van der Waals surface area contributed by atoms with Crippen molar-refractivity contribution in [1.29, 1.82) is 0 Å². The van der Waals surface area contributed by atoms with Gasteiger partial charge in [0, 0.05) is 16.9 Å². The van der Waals surface area contributed by atoms with Gasteiger partial charge >= 0.3 is 0 Å². The molecule has 5 rings (SSSR count). The maximum Gasteiger partial charge on any atom is 0.269 e. The molecule has 2 aliphatic rings. The first-order valence-corrected chi connectivity index (χ1v) is 12.2. The first-order valence-electron chi connectivity index (χ1n) is 11.2. The molecule has 0 bridgehead atoms. The molecule has 3 amide bonds. The van der Waals surface area contributed by atoms with Gasteiger partial charge in [-0.15, -0.1) is 11.8 Å². The molecular formula is C27H24FN3O3S. The van der Waals surface area contributed by atoms with Crippen molar-refractivity contribution in [2.75, 3.05) is 27.4 Å². The summed E-state index contributed by atoms with van der Waals surface area (Å²) < 4.78 is 13.6. The molecule has 0 aliphatic carbocycles. The molecule has 1 atom stereocenters. The van der Waals surface area contributed by atoms with Crippen LogP contribution in [0.5, 0.6) is 0 Å². The zero-order chi connectivity index (χ0) is 24.9. The van der Waals surface area contributed by atoms with Crippen LogP contribution in [0.3, 0.4) is 0 Å². The van der Waals surface area contributed by atoms with Gasteiger partial charge in [0.25, 0.3) is 5.91 Å². The predicted molar refractivity (Wildman–Crippen MR) is 136 cm³/mol. The molecule has 6 nitrogen and oxygen atoms in total. The molecule has 3 aromatic carbocycles. The van der Waals surface area contributed by atoms with Crippen molar-refractivity contribution in [3.05, 3.63) is 88.7 Å². The molecule has 35 heavy (non-hydrogen) atoms. The summed E-state index contributed by atoms with van der Waals surface area (Å²) in [5.41, 5.74) is 5.31. The Balaban J connectivity index is 1.53. The summed E-state index contributed by atoms with van der Waals surface area (Å²) in [6.45, 7) is 5.61. The van der Waals surface area contributed by atoms with Crippen molar-refractivity contribution in [3.63, 3.8) is 0 Å². The fourth-order valence-corrected chi connectivity index (χ4v) is 6.10. The minimum Gasteiger partial charge on any atom is -0.324 e. The lowest BCUT2D eigenvalue weighted by molar-refractivity contribution is -0.124. The molecule has 1 N–H and O–H groups in total. The van der Waals surface area contributed by atoms with E-state index in [1.165, 1.54) is 45.8 Å². The molecular weight excluding hydrogens is 465 g/mol. The summed E-state index contributed by atoms with van der Waals surface area (Å²) in [5.74, 6) is -1.28. The van der Waals surface area contributed by atoms with E-state index in [2.05, 4.69) is 5.32 Å². The van der Waals surface area contributed by atoms with Crippen molar-refractivity contribution < 1.29 is 18.8 Å². The van der Waals surface area contributed by atoms with Gasteiger partial charge in [0.05, 0.1) is 11.4 Å². The number of thioether (sulfide) groups is 1. The molecule has 1 fully saturated rings. The number of fused-ring (bicyclic) bond motifs is 2. The number of benzene rings is 3. The predicted octanol–water partition coefficient (Wildman–Crippen LogP) is 4.67. The van der Waals surface area contributed by atoms with E-state index in [0.717, 1.165) is 16.7 Å². The largest absolute Gasteiger partial charge is 0.324 e. The second-order valence-electron chi connectivity index (χ2n) is 8.92. The van der Waals surface area contributed by atoms with Crippen LogP contribution in [0.15, 0.2) is 60.7 Å². The summed E-state index contributed by atoms with van der Waals surface area (Å²) in [6.07, 6.45) is 0. The van der Waals surface area contributed by atoms with Crippen LogP contribution in [0.2, 0.25) is 0 Å². The average Bonchev–Trinajstić information content (AvgIpc) is 3.27. The van der Waals surface area contributed by atoms with E-state index in [9.17, 15) is 18.8 Å². The van der Waals surface area contributed by atoms with E-state index in [0.29, 0.717) is 22.6 Å². The van der Waals surface area contributed by atoms with Crippen LogP contribution in [0, 0.1) is 26.6 Å². The molecule has 1 spiro atoms. The van der Waals surface area contributed by atoms with Crippen LogP contribution < -0.4 is 15.1 Å². The normalized spacial score (nSPS) is 19.0. The first kappa shape index (κ1) is 23.1. The van der Waals surface area contributed by atoms with E-state index in [1.807, 2.05) is 57.2 Å². The minimum absolute atomic E-state index is 0.0963. The highest BCUT2D eigenvalue weighted by Crippen LogP contribution is 2.55. The maximum atomic E-state index is 14.1. The smallest absolute Gasteiger partial charge is 0.269 e. The quantitative estimate of drug-likeness (QED) is 0.578. The molecule has 0 unspecified atom stereocenters. The van der Waals surface area contributed by atoms with Gasteiger partial charge in [0.1, 0.15) is 12.4 Å². The Bertz CT molecular complexity index is 1370. The SMILES string of the molecule is Cc1ccc(NC(=O)CN2C(=O)[C@]3(SCC(=O)N3c3ccc(F)cc3)c3cc(C)ccc32)c(C)c1. The number of hydrogen-bond acceptors (Lipinski definition) is 4. The number of carbonyl (C=O) groups is 3. The lowest BCUT2D eigenvalue weighted by Crippen LogP contribution is -2.50. The summed E-state index contributed by atoms with van der Waals surface area (Å²) >= 11 is 1.23. The van der Waals surface area contributed by atoms with Crippen molar-refractivity contribution in [3.8, 4) is 0 Å². The Morgan fingerprint density at radius 1 is 1.00 bits per heavy atom. The van der Waals surface area contributed by atoms with Crippen molar-refractivity contribution >= 4 is 46.5 Å². The second-order valence-corrected chi connectivity index (χ2v) is 10.1. The number of amides is 3. The third-order valence-electron chi connectivity index (χ3n) is 6.35. The molecule has 2 heterocycles. The molecule has 3 aromatic rings. The number of aryl methyl sites for hydroxylation is 3. The van der Waals surface area contributed by atoms with E-state index >= 15 is 0 Å². The van der Waals surface area contributed by atoms with Gasteiger partial charge in [-0.2, -0.15) is 0 Å². The molecule has 0 aromatic heterocycles. The fourth-order valence-electron chi connectivity index (χ4n) is 4.75. The van der Waals surface area contributed by atoms with Crippen LogP contribution >= 0.6 is 11.8 Å². The highest BCUT2D eigenvalue weighted by molar-refractivity contribution is 8.02. The van der Waals surface area contributed by atoms with Crippen molar-refractivity contribution in [1.82, 2.24) is 0 Å². The lowest BCUT2D eigenvalue weighted by atomic mass is 10.0. The topological polar surface area (TPSA) is 69.7 Å². The number of nitrogens with one attached hydrogen (secondary N) is 1. The monoisotopic (exact) mass is 489 g/mol. The standard InChI is InChI=1S/C27H24FN3O3S/c1-16-4-10-22(18(3)12-16)29-24(32)14-30-23-11-5-17(2)13-21(23)27(26(30)34)31(25(33)15-35-27)20-8-6-19(28)7-9-20/h4-13H,14-15H2,1-3H3,(H,29,32)/t27-/m1/s1. The summed E-state index contributed by atoms with van der Waals surface area (Å²) in [5, 5.41) is 2.90. The van der Waals surface area contributed by atoms with Crippen LogP contribution in [0.1, 0.15) is 22.3 Å². The van der Waals surface area contributed by atoms with Gasteiger partial charge in [0.15, 0.2) is 0 Å². The number of carbonyl (C=O) groups excluding carboxylic acids is 3. The Morgan fingerprint density at radius 2 is 1.69 bits per heavy atom. The van der Waals surface area contributed by atoms with E-state index < -0.39 is 10.7 Å². The summed E-state index contributed by atoms with van der Waals surface area (Å²) in [7, 11) is 0. The molecule has 8 heteroatoms. The Labute approximate surface area is 207 Å². The third kappa shape index (κ3) is 3.78. The zero-order valence-electron chi connectivity index (χ0n) is 19.6. The highest BCUT2D eigenvalue weighted by Gasteiger charge is 2.61. The second kappa shape index (κ2) is 8.53. The molecule has 0 radical (unpaired) electrons. The van der Waals surface area contributed by atoms with Crippen LogP contribution in [-0.4, -0.2) is 30.0 Å². The number of halogens is 1. The Hall–Kier alpha value is -3.65. The van der Waals surface area contributed by atoms with Crippen molar-refractivity contribution in [2.24, 2.45) is 0 Å². The Kier molecular flexibility index (Phi) is 5.63. The number of anilines is 3. The molecule has 0 saturated carbocycles. The van der Waals surface area contributed by atoms with Gasteiger partial charge in [-0.3, -0.25) is 24.2 Å². The number of rotatable bonds is 4. The van der Waals surface area contributed by atoms with E-state index in [4.69, 9.17) is 0 Å². The Morgan fingerprint density at radius 3 is 2.40 bits per heavy atom. The van der Waals surface area contributed by atoms with Crippen molar-refractivity contribution in [2.45, 2.75) is 25.6 Å². The first-order chi connectivity index (χ1) is 16.7. The van der Waals surface area contributed by atoms with Gasteiger partial charge in [-0.05, 0) is 62.7 Å². The molecule has 1 saturated heterocycles. The highest BCUT2D eigenvalue weighted by atomic mass is 32.2. The number of hydrogen-bond donors (Lipinski definition) is 1. The minimum atomic E-state index is -1.35. The number of nitrogens with zero attached hydrogens (tertiary/aromatic N) is 2. The summed E-state index contributed by atoms with van der Waals surface area (Å²) in [6, 6.07) is 16.8. The fraction of sp³-hybridized carbons (Fsp3) is 0.222. The lowest BCUT2D eigenvalue weighted by Gasteiger charge is -2.33. The van der Waals surface area contributed by atoms with Crippen LogP contribution in [-0.2, 0) is 19.3 Å². The third-order valence-corrected chi connectivity index (χ3v) is 7.74. The molecule has 178 valence electrons. The van der Waals surface area contributed by atoms with E-state index in [-0.39, 0.29) is 30.0 Å².